The Kier molecular flexibility index (Phi) is 8.97. The number of nitrogens with two attached hydrogens (primary N) is 1. The summed E-state index contributed by atoms with van der Waals surface area (Å²) in [5.74, 6) is 0.494. The molecular weight excluding hydrogens is 370 g/mol. The lowest BCUT2D eigenvalue weighted by atomic mass is 10.0. The van der Waals surface area contributed by atoms with E-state index in [1.807, 2.05) is 0 Å². The molecule has 8 N–H and O–H groups in total. The van der Waals surface area contributed by atoms with Gasteiger partial charge in [0.1, 0.15) is 36.0 Å². The van der Waals surface area contributed by atoms with E-state index in [2.05, 4.69) is 0 Å². The van der Waals surface area contributed by atoms with E-state index in [1.54, 1.807) is 0 Å². The van der Waals surface area contributed by atoms with Crippen molar-refractivity contribution in [2.45, 2.75) is 67.3 Å². The van der Waals surface area contributed by atoms with Crippen molar-refractivity contribution < 1.29 is 44.8 Å². The highest BCUT2D eigenvalue weighted by Gasteiger charge is 2.43. The third-order valence-corrected chi connectivity index (χ3v) is 5.73. The zero-order chi connectivity index (χ0) is 19.3. The summed E-state index contributed by atoms with van der Waals surface area (Å²) >= 11 is 1.22. The normalized spacial score (nSPS) is 44.2. The van der Waals surface area contributed by atoms with E-state index in [0.29, 0.717) is 12.2 Å². The maximum atomic E-state index is 9.99. The largest absolute Gasteiger partial charge is 0.394 e. The van der Waals surface area contributed by atoms with Crippen LogP contribution in [0.4, 0.5) is 0 Å². The van der Waals surface area contributed by atoms with Crippen molar-refractivity contribution in [3.8, 4) is 0 Å². The molecule has 9 atom stereocenters. The summed E-state index contributed by atoms with van der Waals surface area (Å²) in [6.45, 7) is -0.0250. The molecule has 0 radical (unpaired) electrons. The summed E-state index contributed by atoms with van der Waals surface area (Å²) in [6.07, 6.45) is -7.53. The first-order chi connectivity index (χ1) is 12.4. The molecule has 0 aliphatic carbocycles. The number of aliphatic hydroxyl groups is 6. The molecule has 4 unspecified atom stereocenters. The van der Waals surface area contributed by atoms with Crippen LogP contribution in [0.5, 0.6) is 0 Å². The predicted molar refractivity (Wildman–Crippen MR) is 91.1 cm³/mol. The number of hydrogen-bond donors (Lipinski definition) is 7. The Morgan fingerprint density at radius 2 is 1.77 bits per heavy atom. The van der Waals surface area contributed by atoms with Gasteiger partial charge in [0.2, 0.25) is 0 Å². The van der Waals surface area contributed by atoms with E-state index in [4.69, 9.17) is 25.1 Å². The zero-order valence-electron chi connectivity index (χ0n) is 14.3. The van der Waals surface area contributed by atoms with Crippen LogP contribution >= 0.6 is 11.8 Å². The SMILES string of the molecule is NCC1C[C@H](O)C(OCCCS[C@@H]2OC(CO)[C@H](O)[C@H](O)C2O)[C@@H](O)O1. The maximum Gasteiger partial charge on any atom is 0.184 e. The van der Waals surface area contributed by atoms with Crippen LogP contribution in [0, 0.1) is 0 Å². The van der Waals surface area contributed by atoms with Crippen LogP contribution in [0.2, 0.25) is 0 Å². The van der Waals surface area contributed by atoms with Gasteiger partial charge in [0.15, 0.2) is 6.29 Å². The first kappa shape index (κ1) is 22.2. The number of thioether (sulfide) groups is 1. The van der Waals surface area contributed by atoms with E-state index in [1.165, 1.54) is 11.8 Å². The number of aliphatic hydroxyl groups excluding tert-OH is 6. The van der Waals surface area contributed by atoms with Crippen molar-refractivity contribution in [3.05, 3.63) is 0 Å². The monoisotopic (exact) mass is 399 g/mol. The van der Waals surface area contributed by atoms with Gasteiger partial charge in [-0.05, 0) is 12.2 Å². The number of ether oxygens (including phenoxy) is 3. The van der Waals surface area contributed by atoms with E-state index >= 15 is 0 Å². The summed E-state index contributed by atoms with van der Waals surface area (Å²) in [7, 11) is 0. The Morgan fingerprint density at radius 1 is 1.04 bits per heavy atom. The van der Waals surface area contributed by atoms with E-state index in [9.17, 15) is 25.5 Å². The number of hydrogen-bond acceptors (Lipinski definition) is 11. The van der Waals surface area contributed by atoms with Crippen LogP contribution in [-0.4, -0.2) is 111 Å². The number of rotatable bonds is 8. The lowest BCUT2D eigenvalue weighted by Crippen LogP contribution is -2.57. The molecule has 0 spiro atoms. The second-order valence-corrected chi connectivity index (χ2v) is 7.65. The summed E-state index contributed by atoms with van der Waals surface area (Å²) < 4.78 is 16.1. The molecule has 2 fully saturated rings. The van der Waals surface area contributed by atoms with Gasteiger partial charge in [0.05, 0.1) is 18.8 Å². The molecule has 2 heterocycles. The fourth-order valence-corrected chi connectivity index (χ4v) is 4.05. The Balaban J connectivity index is 1.69. The molecule has 0 bridgehead atoms. The van der Waals surface area contributed by atoms with Crippen molar-refractivity contribution in [2.24, 2.45) is 5.73 Å². The van der Waals surface area contributed by atoms with Gasteiger partial charge in [-0.3, -0.25) is 0 Å². The summed E-state index contributed by atoms with van der Waals surface area (Å²) in [5.41, 5.74) is 4.67. The Labute approximate surface area is 155 Å². The smallest absolute Gasteiger partial charge is 0.184 e. The third kappa shape index (κ3) is 5.49. The molecule has 0 aromatic heterocycles. The Hall–Kier alpha value is -0.0500. The lowest BCUT2D eigenvalue weighted by Gasteiger charge is -2.39. The van der Waals surface area contributed by atoms with Gasteiger partial charge < -0.3 is 50.6 Å². The predicted octanol–water partition coefficient (Wildman–Crippen LogP) is -3.28. The molecule has 2 rings (SSSR count). The van der Waals surface area contributed by atoms with Crippen LogP contribution in [0.25, 0.3) is 0 Å². The fraction of sp³-hybridized carbons (Fsp3) is 1.00. The second kappa shape index (κ2) is 10.5. The molecule has 10 nitrogen and oxygen atoms in total. The third-order valence-electron chi connectivity index (χ3n) is 4.49. The molecule has 0 saturated carbocycles. The molecule has 0 amide bonds. The van der Waals surface area contributed by atoms with Crippen molar-refractivity contribution >= 4 is 11.8 Å². The van der Waals surface area contributed by atoms with Crippen LogP contribution in [0.15, 0.2) is 0 Å². The van der Waals surface area contributed by atoms with Crippen LogP contribution in [0.1, 0.15) is 12.8 Å². The lowest BCUT2D eigenvalue weighted by molar-refractivity contribution is -0.257. The van der Waals surface area contributed by atoms with Gasteiger partial charge in [-0.25, -0.2) is 0 Å². The molecule has 11 heteroatoms. The van der Waals surface area contributed by atoms with Gasteiger partial charge in [0.25, 0.3) is 0 Å². The minimum Gasteiger partial charge on any atom is -0.394 e. The first-order valence-corrected chi connectivity index (χ1v) is 9.69. The molecule has 0 aromatic carbocycles. The molecule has 2 saturated heterocycles. The van der Waals surface area contributed by atoms with Crippen molar-refractivity contribution in [3.63, 3.8) is 0 Å². The molecule has 2 aliphatic heterocycles. The van der Waals surface area contributed by atoms with Crippen LogP contribution < -0.4 is 5.73 Å². The fourth-order valence-electron chi connectivity index (χ4n) is 2.95. The van der Waals surface area contributed by atoms with Gasteiger partial charge >= 0.3 is 0 Å². The molecule has 26 heavy (non-hydrogen) atoms. The van der Waals surface area contributed by atoms with Crippen molar-refractivity contribution in [1.29, 1.82) is 0 Å². The highest BCUT2D eigenvalue weighted by atomic mass is 32.2. The molecule has 0 aromatic rings. The van der Waals surface area contributed by atoms with E-state index < -0.39 is 61.1 Å². The van der Waals surface area contributed by atoms with Gasteiger partial charge in [-0.15, -0.1) is 11.8 Å². The van der Waals surface area contributed by atoms with E-state index in [0.717, 1.165) is 0 Å². The quantitative estimate of drug-likeness (QED) is 0.204. The van der Waals surface area contributed by atoms with Crippen molar-refractivity contribution in [2.75, 3.05) is 25.5 Å². The highest BCUT2D eigenvalue weighted by molar-refractivity contribution is 7.99. The molecular formula is C15H29NO9S. The van der Waals surface area contributed by atoms with Gasteiger partial charge in [-0.2, -0.15) is 0 Å². The minimum atomic E-state index is -1.39. The Morgan fingerprint density at radius 3 is 2.38 bits per heavy atom. The molecule has 154 valence electrons. The van der Waals surface area contributed by atoms with Crippen LogP contribution in [0.3, 0.4) is 0 Å². The standard InChI is InChI=1S/C15H29NO9S/c16-5-7-4-8(18)13(14(22)24-7)23-2-1-3-26-15-12(21)11(20)10(19)9(6-17)25-15/h7-15,17-22H,1-6,16H2/t7?,8-,9?,10-,11-,12?,13?,14-,15-/m0/s1. The van der Waals surface area contributed by atoms with Gasteiger partial charge in [-0.1, -0.05) is 0 Å². The summed E-state index contributed by atoms with van der Waals surface area (Å²) in [5, 5.41) is 58.4. The second-order valence-electron chi connectivity index (χ2n) is 6.44. The minimum absolute atomic E-state index is 0.205. The highest BCUT2D eigenvalue weighted by Crippen LogP contribution is 2.29. The average molecular weight is 399 g/mol. The van der Waals surface area contributed by atoms with E-state index in [-0.39, 0.29) is 19.6 Å². The van der Waals surface area contributed by atoms with Crippen LogP contribution in [-0.2, 0) is 14.2 Å². The Bertz CT molecular complexity index is 407. The topological polar surface area (TPSA) is 175 Å². The maximum absolute atomic E-state index is 9.99. The van der Waals surface area contributed by atoms with Gasteiger partial charge in [0, 0.05) is 19.6 Å². The average Bonchev–Trinajstić information content (AvgIpc) is 2.62. The summed E-state index contributed by atoms with van der Waals surface area (Å²) in [4.78, 5) is 0. The molecule has 2 aliphatic rings. The zero-order valence-corrected chi connectivity index (χ0v) is 15.1. The summed E-state index contributed by atoms with van der Waals surface area (Å²) in [6, 6.07) is 0. The van der Waals surface area contributed by atoms with Crippen molar-refractivity contribution in [1.82, 2.24) is 0 Å². The first-order valence-electron chi connectivity index (χ1n) is 8.64.